The van der Waals surface area contributed by atoms with Crippen LogP contribution in [0.2, 0.25) is 0 Å². The van der Waals surface area contributed by atoms with E-state index in [1.807, 2.05) is 0 Å². The molecule has 3 N–H and O–H groups in total. The van der Waals surface area contributed by atoms with E-state index in [1.165, 1.54) is 7.11 Å². The summed E-state index contributed by atoms with van der Waals surface area (Å²) in [7, 11) is 1.25. The van der Waals surface area contributed by atoms with Crippen molar-refractivity contribution in [3.63, 3.8) is 0 Å². The third kappa shape index (κ3) is 1.58. The number of halogens is 2. The third-order valence-corrected chi connectivity index (χ3v) is 1.54. The van der Waals surface area contributed by atoms with Crippen molar-refractivity contribution in [2.45, 2.75) is 0 Å². The van der Waals surface area contributed by atoms with E-state index >= 15 is 0 Å². The standard InChI is InChI=1S/C8H8F2N2O/c1-13-5-3-2-4(9)6(7(5)10)8(11)12/h2-3H,1H3,(H3,11,12). The van der Waals surface area contributed by atoms with E-state index in [4.69, 9.17) is 11.1 Å². The average molecular weight is 186 g/mol. The lowest BCUT2D eigenvalue weighted by atomic mass is 10.1. The van der Waals surface area contributed by atoms with Crippen molar-refractivity contribution < 1.29 is 13.5 Å². The van der Waals surface area contributed by atoms with Crippen molar-refractivity contribution in [3.05, 3.63) is 29.3 Å². The highest BCUT2D eigenvalue weighted by atomic mass is 19.1. The maximum absolute atomic E-state index is 13.2. The highest BCUT2D eigenvalue weighted by Crippen LogP contribution is 2.22. The summed E-state index contributed by atoms with van der Waals surface area (Å²) in [6.07, 6.45) is 0. The average Bonchev–Trinajstić information content (AvgIpc) is 2.04. The Morgan fingerprint density at radius 2 is 2.08 bits per heavy atom. The number of methoxy groups -OCH3 is 1. The Morgan fingerprint density at radius 1 is 1.46 bits per heavy atom. The highest BCUT2D eigenvalue weighted by Gasteiger charge is 2.15. The molecule has 0 fully saturated rings. The van der Waals surface area contributed by atoms with Crippen molar-refractivity contribution in [3.8, 4) is 5.75 Å². The molecule has 0 atom stereocenters. The van der Waals surface area contributed by atoms with Gasteiger partial charge in [-0.05, 0) is 12.1 Å². The number of rotatable bonds is 2. The van der Waals surface area contributed by atoms with Gasteiger partial charge in [-0.2, -0.15) is 0 Å². The molecule has 1 aromatic carbocycles. The van der Waals surface area contributed by atoms with Gasteiger partial charge < -0.3 is 10.5 Å². The summed E-state index contributed by atoms with van der Waals surface area (Å²) >= 11 is 0. The van der Waals surface area contributed by atoms with Gasteiger partial charge in [0.1, 0.15) is 11.7 Å². The van der Waals surface area contributed by atoms with E-state index < -0.39 is 23.0 Å². The highest BCUT2D eigenvalue weighted by molar-refractivity contribution is 5.95. The molecule has 1 aromatic rings. The number of nitrogen functional groups attached to an aromatic ring is 1. The summed E-state index contributed by atoms with van der Waals surface area (Å²) in [5.74, 6) is -2.61. The van der Waals surface area contributed by atoms with Crippen molar-refractivity contribution in [1.82, 2.24) is 0 Å². The molecule has 0 aliphatic rings. The lowest BCUT2D eigenvalue weighted by Gasteiger charge is -2.06. The van der Waals surface area contributed by atoms with Crippen molar-refractivity contribution in [1.29, 1.82) is 5.41 Å². The zero-order valence-electron chi connectivity index (χ0n) is 6.90. The van der Waals surface area contributed by atoms with Crippen LogP contribution in [-0.4, -0.2) is 12.9 Å². The Bertz CT molecular complexity index is 352. The summed E-state index contributed by atoms with van der Waals surface area (Å²) in [5.41, 5.74) is 4.43. The Morgan fingerprint density at radius 3 is 2.54 bits per heavy atom. The number of nitrogens with two attached hydrogens (primary N) is 1. The van der Waals surface area contributed by atoms with Gasteiger partial charge >= 0.3 is 0 Å². The smallest absolute Gasteiger partial charge is 0.178 e. The molecule has 0 heterocycles. The molecule has 0 aromatic heterocycles. The van der Waals surface area contributed by atoms with Crippen molar-refractivity contribution >= 4 is 5.84 Å². The summed E-state index contributed by atoms with van der Waals surface area (Å²) < 4.78 is 30.7. The quantitative estimate of drug-likeness (QED) is 0.539. The van der Waals surface area contributed by atoms with Crippen LogP contribution >= 0.6 is 0 Å². The summed E-state index contributed by atoms with van der Waals surface area (Å²) in [5, 5.41) is 6.93. The van der Waals surface area contributed by atoms with Gasteiger partial charge in [0.15, 0.2) is 11.6 Å². The van der Waals surface area contributed by atoms with Gasteiger partial charge in [0, 0.05) is 0 Å². The van der Waals surface area contributed by atoms with Crippen LogP contribution in [0.4, 0.5) is 8.78 Å². The molecule has 0 bridgehead atoms. The lowest BCUT2D eigenvalue weighted by Crippen LogP contribution is -2.16. The second-order valence-electron chi connectivity index (χ2n) is 2.35. The second-order valence-corrected chi connectivity index (χ2v) is 2.35. The first-order valence-electron chi connectivity index (χ1n) is 3.44. The summed E-state index contributed by atoms with van der Waals surface area (Å²) in [6, 6.07) is 2.13. The molecule has 13 heavy (non-hydrogen) atoms. The van der Waals surface area contributed by atoms with Crippen molar-refractivity contribution in [2.75, 3.05) is 7.11 Å². The summed E-state index contributed by atoms with van der Waals surface area (Å²) in [4.78, 5) is 0. The Hall–Kier alpha value is -1.65. The molecular formula is C8H8F2N2O. The van der Waals surface area contributed by atoms with E-state index in [9.17, 15) is 8.78 Å². The first kappa shape index (κ1) is 9.44. The van der Waals surface area contributed by atoms with E-state index in [1.54, 1.807) is 0 Å². The van der Waals surface area contributed by atoms with Gasteiger partial charge in [-0.15, -0.1) is 0 Å². The number of nitrogens with one attached hydrogen (secondary N) is 1. The first-order valence-corrected chi connectivity index (χ1v) is 3.44. The van der Waals surface area contributed by atoms with Crippen LogP contribution in [0, 0.1) is 17.0 Å². The van der Waals surface area contributed by atoms with E-state index in [0.29, 0.717) is 0 Å². The maximum atomic E-state index is 13.2. The topological polar surface area (TPSA) is 59.1 Å². The first-order chi connectivity index (χ1) is 6.07. The largest absolute Gasteiger partial charge is 0.494 e. The van der Waals surface area contributed by atoms with Gasteiger partial charge in [-0.25, -0.2) is 8.78 Å². The van der Waals surface area contributed by atoms with Crippen molar-refractivity contribution in [2.24, 2.45) is 5.73 Å². The zero-order chi connectivity index (χ0) is 10.0. The van der Waals surface area contributed by atoms with Crippen LogP contribution in [0.3, 0.4) is 0 Å². The molecular weight excluding hydrogens is 178 g/mol. The lowest BCUT2D eigenvalue weighted by molar-refractivity contribution is 0.383. The molecule has 0 saturated carbocycles. The fourth-order valence-electron chi connectivity index (χ4n) is 0.938. The molecule has 0 aliphatic heterocycles. The van der Waals surface area contributed by atoms with Gasteiger partial charge in [0.2, 0.25) is 0 Å². The zero-order valence-corrected chi connectivity index (χ0v) is 6.90. The maximum Gasteiger partial charge on any atom is 0.178 e. The molecule has 0 radical (unpaired) electrons. The van der Waals surface area contributed by atoms with Crippen LogP contribution in [0.5, 0.6) is 5.75 Å². The molecule has 1 rings (SSSR count). The Balaban J connectivity index is 3.38. The Kier molecular flexibility index (Phi) is 2.46. The fraction of sp³-hybridized carbons (Fsp3) is 0.125. The molecule has 0 amide bonds. The molecule has 0 spiro atoms. The normalized spacial score (nSPS) is 9.77. The minimum absolute atomic E-state index is 0.133. The molecule has 0 saturated heterocycles. The van der Waals surface area contributed by atoms with Crippen LogP contribution in [0.15, 0.2) is 12.1 Å². The monoisotopic (exact) mass is 186 g/mol. The van der Waals surface area contributed by atoms with E-state index in [0.717, 1.165) is 12.1 Å². The van der Waals surface area contributed by atoms with Gasteiger partial charge in [0.05, 0.1) is 12.7 Å². The number of benzene rings is 1. The minimum Gasteiger partial charge on any atom is -0.494 e. The van der Waals surface area contributed by atoms with Gasteiger partial charge in [0.25, 0.3) is 0 Å². The minimum atomic E-state index is -0.949. The number of hydrogen-bond donors (Lipinski definition) is 2. The van der Waals surface area contributed by atoms with Crippen LogP contribution in [0.1, 0.15) is 5.56 Å². The third-order valence-electron chi connectivity index (χ3n) is 1.54. The summed E-state index contributed by atoms with van der Waals surface area (Å²) in [6.45, 7) is 0. The SMILES string of the molecule is COc1ccc(F)c(C(=N)N)c1F. The molecule has 3 nitrogen and oxygen atoms in total. The van der Waals surface area contributed by atoms with E-state index in [-0.39, 0.29) is 5.75 Å². The van der Waals surface area contributed by atoms with Crippen LogP contribution < -0.4 is 10.5 Å². The predicted molar refractivity (Wildman–Crippen MR) is 43.9 cm³/mol. The van der Waals surface area contributed by atoms with E-state index in [2.05, 4.69) is 4.74 Å². The molecule has 5 heteroatoms. The number of ether oxygens (including phenoxy) is 1. The molecule has 0 unspecified atom stereocenters. The molecule has 70 valence electrons. The number of amidine groups is 1. The van der Waals surface area contributed by atoms with Gasteiger partial charge in [-0.3, -0.25) is 5.41 Å². The predicted octanol–water partition coefficient (Wildman–Crippen LogP) is 1.26. The second kappa shape index (κ2) is 3.38. The Labute approximate surface area is 73.6 Å². The van der Waals surface area contributed by atoms with Crippen LogP contribution in [-0.2, 0) is 0 Å². The fourth-order valence-corrected chi connectivity index (χ4v) is 0.938. The van der Waals surface area contributed by atoms with Gasteiger partial charge in [-0.1, -0.05) is 0 Å². The molecule has 0 aliphatic carbocycles. The number of hydrogen-bond acceptors (Lipinski definition) is 2. The van der Waals surface area contributed by atoms with Crippen LogP contribution in [0.25, 0.3) is 0 Å².